The van der Waals surface area contributed by atoms with E-state index in [9.17, 15) is 10.1 Å². The number of nitro groups is 1. The number of morpholine rings is 1. The Balaban J connectivity index is 2.09. The summed E-state index contributed by atoms with van der Waals surface area (Å²) in [5.41, 5.74) is 1.30. The number of thiazole rings is 1. The molecule has 0 spiro atoms. The molecule has 3 rings (SSSR count). The van der Waals surface area contributed by atoms with Crippen LogP contribution in [0.4, 0.5) is 11.4 Å². The Morgan fingerprint density at radius 2 is 2.43 bits per heavy atom. The van der Waals surface area contributed by atoms with Crippen LogP contribution in [-0.4, -0.2) is 35.7 Å². The standard InChI is InChI=1S/C13H12N4O3S/c1-8-15-10-4-11(12(17(18)19)5-13(10)21-8)16-2-3-20-9(6-14)7-16/h4-5,9H,2-3,7H2,1H3. The number of nitrogens with zero attached hydrogens (tertiary/aromatic N) is 4. The maximum Gasteiger partial charge on any atom is 0.294 e. The van der Waals surface area contributed by atoms with Crippen LogP contribution >= 0.6 is 11.3 Å². The van der Waals surface area contributed by atoms with Gasteiger partial charge in [0.05, 0.1) is 39.4 Å². The van der Waals surface area contributed by atoms with E-state index < -0.39 is 6.10 Å². The highest BCUT2D eigenvalue weighted by atomic mass is 32.1. The second-order valence-corrected chi connectivity index (χ2v) is 5.97. The van der Waals surface area contributed by atoms with Crippen LogP contribution in [0.3, 0.4) is 0 Å². The van der Waals surface area contributed by atoms with Crippen LogP contribution in [0.1, 0.15) is 5.01 Å². The minimum absolute atomic E-state index is 0.0461. The number of benzene rings is 1. The lowest BCUT2D eigenvalue weighted by Gasteiger charge is -2.31. The molecule has 1 aliphatic heterocycles. The summed E-state index contributed by atoms with van der Waals surface area (Å²) in [6, 6.07) is 5.34. The van der Waals surface area contributed by atoms with E-state index in [-0.39, 0.29) is 10.6 Å². The zero-order valence-corrected chi connectivity index (χ0v) is 12.1. The Kier molecular flexibility index (Phi) is 3.45. The van der Waals surface area contributed by atoms with Crippen LogP contribution in [0.15, 0.2) is 12.1 Å². The molecule has 1 fully saturated rings. The van der Waals surface area contributed by atoms with E-state index in [0.29, 0.717) is 25.4 Å². The van der Waals surface area contributed by atoms with Gasteiger partial charge in [-0.2, -0.15) is 5.26 Å². The fourth-order valence-corrected chi connectivity index (χ4v) is 3.25. The molecule has 1 saturated heterocycles. The summed E-state index contributed by atoms with van der Waals surface area (Å²) in [5, 5.41) is 21.2. The molecular weight excluding hydrogens is 292 g/mol. The number of aromatic nitrogens is 1. The van der Waals surface area contributed by atoms with Gasteiger partial charge in [-0.3, -0.25) is 10.1 Å². The first-order valence-corrected chi connectivity index (χ1v) is 7.22. The third-order valence-electron chi connectivity index (χ3n) is 3.34. The van der Waals surface area contributed by atoms with Crippen molar-refractivity contribution in [3.8, 4) is 6.07 Å². The van der Waals surface area contributed by atoms with Crippen LogP contribution < -0.4 is 4.90 Å². The molecule has 0 aliphatic carbocycles. The van der Waals surface area contributed by atoms with Gasteiger partial charge in [0.15, 0.2) is 6.10 Å². The van der Waals surface area contributed by atoms with Crippen molar-refractivity contribution in [1.29, 1.82) is 5.26 Å². The molecule has 1 aliphatic rings. The number of ether oxygens (including phenoxy) is 1. The largest absolute Gasteiger partial charge is 0.360 e. The van der Waals surface area contributed by atoms with E-state index in [4.69, 9.17) is 10.00 Å². The Bertz CT molecular complexity index is 752. The lowest BCUT2D eigenvalue weighted by molar-refractivity contribution is -0.384. The molecule has 1 unspecified atom stereocenters. The number of hydrogen-bond acceptors (Lipinski definition) is 7. The van der Waals surface area contributed by atoms with Crippen LogP contribution in [0.25, 0.3) is 10.2 Å². The van der Waals surface area contributed by atoms with Crippen LogP contribution in [0.5, 0.6) is 0 Å². The molecule has 2 heterocycles. The number of nitriles is 1. The summed E-state index contributed by atoms with van der Waals surface area (Å²) >= 11 is 1.43. The fraction of sp³-hybridized carbons (Fsp3) is 0.385. The summed E-state index contributed by atoms with van der Waals surface area (Å²) < 4.78 is 6.08. The second kappa shape index (κ2) is 5.27. The maximum atomic E-state index is 11.3. The maximum absolute atomic E-state index is 11.3. The SMILES string of the molecule is Cc1nc2cc(N3CCOC(C#N)C3)c([N+](=O)[O-])cc2s1. The number of fused-ring (bicyclic) bond motifs is 1. The summed E-state index contributed by atoms with van der Waals surface area (Å²) in [4.78, 5) is 17.1. The predicted octanol–water partition coefficient (Wildman–Crippen LogP) is 2.24. The molecule has 1 aromatic heterocycles. The van der Waals surface area contributed by atoms with Gasteiger partial charge in [0.25, 0.3) is 5.69 Å². The monoisotopic (exact) mass is 304 g/mol. The minimum atomic E-state index is -0.564. The van der Waals surface area contributed by atoms with Crippen molar-refractivity contribution in [3.63, 3.8) is 0 Å². The van der Waals surface area contributed by atoms with Crippen LogP contribution in [-0.2, 0) is 4.74 Å². The molecule has 2 aromatic rings. The molecule has 7 nitrogen and oxygen atoms in total. The zero-order valence-electron chi connectivity index (χ0n) is 11.3. The summed E-state index contributed by atoms with van der Waals surface area (Å²) in [5.74, 6) is 0. The molecule has 0 radical (unpaired) electrons. The highest BCUT2D eigenvalue weighted by Crippen LogP contribution is 2.35. The molecule has 0 bridgehead atoms. The molecule has 1 aromatic carbocycles. The number of hydrogen-bond donors (Lipinski definition) is 0. The van der Waals surface area contributed by atoms with E-state index in [1.54, 1.807) is 12.1 Å². The normalized spacial score (nSPS) is 18.7. The minimum Gasteiger partial charge on any atom is -0.360 e. The first kappa shape index (κ1) is 13.7. The summed E-state index contributed by atoms with van der Waals surface area (Å²) in [6.45, 7) is 3.10. The average molecular weight is 304 g/mol. The highest BCUT2D eigenvalue weighted by Gasteiger charge is 2.27. The van der Waals surface area contributed by atoms with Crippen molar-refractivity contribution < 1.29 is 9.66 Å². The second-order valence-electron chi connectivity index (χ2n) is 4.73. The first-order valence-electron chi connectivity index (χ1n) is 6.40. The smallest absolute Gasteiger partial charge is 0.294 e. The van der Waals surface area contributed by atoms with E-state index in [1.165, 1.54) is 11.3 Å². The van der Waals surface area contributed by atoms with Gasteiger partial charge in [0.1, 0.15) is 5.69 Å². The number of rotatable bonds is 2. The summed E-state index contributed by atoms with van der Waals surface area (Å²) in [6.07, 6.45) is -0.564. The first-order chi connectivity index (χ1) is 10.1. The number of anilines is 1. The van der Waals surface area contributed by atoms with Gasteiger partial charge in [-0.05, 0) is 13.0 Å². The van der Waals surface area contributed by atoms with Gasteiger partial charge >= 0.3 is 0 Å². The van der Waals surface area contributed by atoms with E-state index in [2.05, 4.69) is 4.98 Å². The quantitative estimate of drug-likeness (QED) is 0.624. The Morgan fingerprint density at radius 1 is 1.62 bits per heavy atom. The third-order valence-corrected chi connectivity index (χ3v) is 4.27. The van der Waals surface area contributed by atoms with Gasteiger partial charge in [0.2, 0.25) is 0 Å². The van der Waals surface area contributed by atoms with Gasteiger partial charge in [-0.1, -0.05) is 0 Å². The van der Waals surface area contributed by atoms with Gasteiger partial charge in [-0.15, -0.1) is 11.3 Å². The molecular formula is C13H12N4O3S. The zero-order chi connectivity index (χ0) is 15.0. The fourth-order valence-electron chi connectivity index (χ4n) is 2.41. The van der Waals surface area contributed by atoms with Crippen LogP contribution in [0, 0.1) is 28.4 Å². The molecule has 0 saturated carbocycles. The Morgan fingerprint density at radius 3 is 3.14 bits per heavy atom. The third kappa shape index (κ3) is 2.53. The van der Waals surface area contributed by atoms with Gasteiger partial charge < -0.3 is 9.64 Å². The lowest BCUT2D eigenvalue weighted by atomic mass is 10.2. The van der Waals surface area contributed by atoms with Crippen molar-refractivity contribution in [3.05, 3.63) is 27.3 Å². The molecule has 0 N–H and O–H groups in total. The van der Waals surface area contributed by atoms with Crippen molar-refractivity contribution in [2.45, 2.75) is 13.0 Å². The molecule has 108 valence electrons. The molecule has 1 atom stereocenters. The Labute approximate surface area is 124 Å². The lowest BCUT2D eigenvalue weighted by Crippen LogP contribution is -2.42. The molecule has 21 heavy (non-hydrogen) atoms. The average Bonchev–Trinajstić information content (AvgIpc) is 2.85. The van der Waals surface area contributed by atoms with E-state index in [0.717, 1.165) is 15.2 Å². The molecule has 0 amide bonds. The van der Waals surface area contributed by atoms with Crippen molar-refractivity contribution >= 4 is 32.9 Å². The van der Waals surface area contributed by atoms with Crippen LogP contribution in [0.2, 0.25) is 0 Å². The van der Waals surface area contributed by atoms with Gasteiger partial charge in [-0.25, -0.2) is 4.98 Å². The van der Waals surface area contributed by atoms with E-state index in [1.807, 2.05) is 17.9 Å². The predicted molar refractivity (Wildman–Crippen MR) is 78.6 cm³/mol. The van der Waals surface area contributed by atoms with Crippen molar-refractivity contribution in [2.75, 3.05) is 24.6 Å². The molecule has 8 heteroatoms. The highest BCUT2D eigenvalue weighted by molar-refractivity contribution is 7.18. The van der Waals surface area contributed by atoms with E-state index >= 15 is 0 Å². The van der Waals surface area contributed by atoms with Crippen molar-refractivity contribution in [1.82, 2.24) is 4.98 Å². The Hall–Kier alpha value is -2.24. The topological polar surface area (TPSA) is 92.3 Å². The summed E-state index contributed by atoms with van der Waals surface area (Å²) in [7, 11) is 0. The van der Waals surface area contributed by atoms with Gasteiger partial charge in [0, 0.05) is 12.6 Å². The van der Waals surface area contributed by atoms with Crippen molar-refractivity contribution in [2.24, 2.45) is 0 Å². The number of nitro benzene ring substituents is 1. The number of aryl methyl sites for hydroxylation is 1.